The van der Waals surface area contributed by atoms with Crippen molar-refractivity contribution in [3.8, 4) is 0 Å². The first-order valence-electron chi connectivity index (χ1n) is 4.43. The molecule has 0 aliphatic heterocycles. The van der Waals surface area contributed by atoms with Crippen molar-refractivity contribution in [2.24, 2.45) is 0 Å². The van der Waals surface area contributed by atoms with E-state index in [9.17, 15) is 0 Å². The summed E-state index contributed by atoms with van der Waals surface area (Å²) >= 11 is 1.40. The van der Waals surface area contributed by atoms with Gasteiger partial charge < -0.3 is 5.32 Å². The Labute approximate surface area is 87.0 Å². The van der Waals surface area contributed by atoms with Gasteiger partial charge in [-0.3, -0.25) is 0 Å². The minimum atomic E-state index is 0.801. The fourth-order valence-corrected chi connectivity index (χ4v) is 1.71. The molecular formula is C10H11N3S. The topological polar surface area (TPSA) is 37.8 Å². The largest absolute Gasteiger partial charge is 0.356 e. The van der Waals surface area contributed by atoms with E-state index in [4.69, 9.17) is 0 Å². The zero-order valence-electron chi connectivity index (χ0n) is 7.90. The number of hydrogen-bond donors (Lipinski definition) is 1. The number of aryl methyl sites for hydroxylation is 1. The monoisotopic (exact) mass is 205 g/mol. The minimum Gasteiger partial charge on any atom is -0.356 e. The van der Waals surface area contributed by atoms with E-state index >= 15 is 0 Å². The minimum absolute atomic E-state index is 0.801. The number of aromatic nitrogens is 2. The first kappa shape index (κ1) is 9.15. The Kier molecular flexibility index (Phi) is 2.74. The lowest BCUT2D eigenvalue weighted by atomic mass is 10.2. The highest BCUT2D eigenvalue weighted by Gasteiger charge is 1.98. The summed E-state index contributed by atoms with van der Waals surface area (Å²) in [5.74, 6) is 0.825. The molecule has 0 aliphatic carbocycles. The van der Waals surface area contributed by atoms with Crippen molar-refractivity contribution in [3.63, 3.8) is 0 Å². The third kappa shape index (κ3) is 2.29. The van der Waals surface area contributed by atoms with Crippen LogP contribution in [0.1, 0.15) is 11.4 Å². The quantitative estimate of drug-likeness (QED) is 0.836. The number of anilines is 1. The SMILES string of the molecule is Cc1nsc(NCc2ccccc2)n1. The second-order valence-electron chi connectivity index (χ2n) is 2.99. The van der Waals surface area contributed by atoms with Gasteiger partial charge in [0.2, 0.25) is 5.13 Å². The smallest absolute Gasteiger partial charge is 0.202 e. The van der Waals surface area contributed by atoms with E-state index < -0.39 is 0 Å². The van der Waals surface area contributed by atoms with E-state index in [1.165, 1.54) is 17.1 Å². The van der Waals surface area contributed by atoms with Crippen LogP contribution in [0.25, 0.3) is 0 Å². The van der Waals surface area contributed by atoms with E-state index in [1.807, 2.05) is 25.1 Å². The fourth-order valence-electron chi connectivity index (χ4n) is 1.14. The van der Waals surface area contributed by atoms with Crippen LogP contribution in [0.4, 0.5) is 5.13 Å². The third-order valence-electron chi connectivity index (χ3n) is 1.81. The summed E-state index contributed by atoms with van der Waals surface area (Å²) in [4.78, 5) is 4.22. The van der Waals surface area contributed by atoms with Crippen LogP contribution in [-0.4, -0.2) is 9.36 Å². The Bertz CT molecular complexity index is 397. The number of benzene rings is 1. The highest BCUT2D eigenvalue weighted by molar-refractivity contribution is 7.09. The second-order valence-corrected chi connectivity index (χ2v) is 3.74. The van der Waals surface area contributed by atoms with Gasteiger partial charge in [-0.25, -0.2) is 4.98 Å². The molecule has 0 aliphatic rings. The molecule has 72 valence electrons. The Morgan fingerprint density at radius 2 is 2.07 bits per heavy atom. The molecule has 1 aromatic heterocycles. The molecule has 0 unspecified atom stereocenters. The summed E-state index contributed by atoms with van der Waals surface area (Å²) in [5.41, 5.74) is 1.25. The summed E-state index contributed by atoms with van der Waals surface area (Å²) in [5, 5.41) is 4.11. The fraction of sp³-hybridized carbons (Fsp3) is 0.200. The van der Waals surface area contributed by atoms with Crippen LogP contribution in [0.5, 0.6) is 0 Å². The molecule has 0 atom stereocenters. The van der Waals surface area contributed by atoms with Crippen LogP contribution in [0.15, 0.2) is 30.3 Å². The van der Waals surface area contributed by atoms with Crippen molar-refractivity contribution in [1.82, 2.24) is 9.36 Å². The predicted octanol–water partition coefficient (Wildman–Crippen LogP) is 2.46. The zero-order chi connectivity index (χ0) is 9.80. The Morgan fingerprint density at radius 3 is 2.71 bits per heavy atom. The molecular weight excluding hydrogens is 194 g/mol. The van der Waals surface area contributed by atoms with Crippen LogP contribution >= 0.6 is 11.5 Å². The highest BCUT2D eigenvalue weighted by atomic mass is 32.1. The first-order valence-corrected chi connectivity index (χ1v) is 5.20. The van der Waals surface area contributed by atoms with Gasteiger partial charge in [-0.2, -0.15) is 4.37 Å². The van der Waals surface area contributed by atoms with Crippen molar-refractivity contribution in [1.29, 1.82) is 0 Å². The lowest BCUT2D eigenvalue weighted by Crippen LogP contribution is -1.98. The van der Waals surface area contributed by atoms with Gasteiger partial charge in [0.05, 0.1) is 0 Å². The molecule has 1 aromatic carbocycles. The number of hydrogen-bond acceptors (Lipinski definition) is 4. The summed E-state index contributed by atoms with van der Waals surface area (Å²) in [7, 11) is 0. The predicted molar refractivity (Wildman–Crippen MR) is 58.4 cm³/mol. The summed E-state index contributed by atoms with van der Waals surface area (Å²) in [6, 6.07) is 10.2. The standard InChI is InChI=1S/C10H11N3S/c1-8-12-10(14-13-8)11-7-9-5-3-2-4-6-9/h2-6H,7H2,1H3,(H,11,12,13). The number of nitrogens with one attached hydrogen (secondary N) is 1. The Hall–Kier alpha value is -1.42. The molecule has 0 bridgehead atoms. The van der Waals surface area contributed by atoms with Gasteiger partial charge in [0.1, 0.15) is 5.82 Å². The summed E-state index contributed by atoms with van der Waals surface area (Å²) in [6.45, 7) is 2.69. The molecule has 0 saturated heterocycles. The summed E-state index contributed by atoms with van der Waals surface area (Å²) < 4.78 is 4.10. The van der Waals surface area contributed by atoms with Gasteiger partial charge in [0.25, 0.3) is 0 Å². The normalized spacial score (nSPS) is 10.1. The molecule has 0 saturated carbocycles. The molecule has 2 aromatic rings. The average molecular weight is 205 g/mol. The molecule has 1 N–H and O–H groups in total. The van der Waals surface area contributed by atoms with Crippen molar-refractivity contribution >= 4 is 16.7 Å². The maximum absolute atomic E-state index is 4.22. The van der Waals surface area contributed by atoms with Gasteiger partial charge in [-0.1, -0.05) is 30.3 Å². The molecule has 0 radical (unpaired) electrons. The van der Waals surface area contributed by atoms with Gasteiger partial charge in [-0.05, 0) is 12.5 Å². The zero-order valence-corrected chi connectivity index (χ0v) is 8.71. The number of nitrogens with zero attached hydrogens (tertiary/aromatic N) is 2. The molecule has 4 heteroatoms. The van der Waals surface area contributed by atoms with Gasteiger partial charge >= 0.3 is 0 Å². The van der Waals surface area contributed by atoms with Crippen LogP contribution in [-0.2, 0) is 6.54 Å². The molecule has 0 fully saturated rings. The molecule has 1 heterocycles. The molecule has 3 nitrogen and oxygen atoms in total. The molecule has 0 amide bonds. The molecule has 2 rings (SSSR count). The Balaban J connectivity index is 1.95. The van der Waals surface area contributed by atoms with Gasteiger partial charge in [0.15, 0.2) is 0 Å². The Morgan fingerprint density at radius 1 is 1.29 bits per heavy atom. The lowest BCUT2D eigenvalue weighted by Gasteiger charge is -2.00. The number of rotatable bonds is 3. The average Bonchev–Trinajstić information content (AvgIpc) is 2.63. The van der Waals surface area contributed by atoms with Crippen molar-refractivity contribution in [2.45, 2.75) is 13.5 Å². The third-order valence-corrected chi connectivity index (χ3v) is 2.58. The van der Waals surface area contributed by atoms with E-state index in [1.54, 1.807) is 0 Å². The molecule has 0 spiro atoms. The van der Waals surface area contributed by atoms with Crippen LogP contribution in [0, 0.1) is 6.92 Å². The van der Waals surface area contributed by atoms with Crippen molar-refractivity contribution in [2.75, 3.05) is 5.32 Å². The molecule has 14 heavy (non-hydrogen) atoms. The lowest BCUT2D eigenvalue weighted by molar-refractivity contribution is 1.10. The van der Waals surface area contributed by atoms with E-state index in [0.29, 0.717) is 0 Å². The first-order chi connectivity index (χ1) is 6.84. The maximum atomic E-state index is 4.22. The van der Waals surface area contributed by atoms with E-state index in [0.717, 1.165) is 17.5 Å². The van der Waals surface area contributed by atoms with Crippen molar-refractivity contribution < 1.29 is 0 Å². The van der Waals surface area contributed by atoms with Crippen molar-refractivity contribution in [3.05, 3.63) is 41.7 Å². The maximum Gasteiger partial charge on any atom is 0.202 e. The van der Waals surface area contributed by atoms with Gasteiger partial charge in [0, 0.05) is 18.1 Å². The van der Waals surface area contributed by atoms with Gasteiger partial charge in [-0.15, -0.1) is 0 Å². The van der Waals surface area contributed by atoms with Crippen LogP contribution in [0.3, 0.4) is 0 Å². The van der Waals surface area contributed by atoms with Crippen LogP contribution < -0.4 is 5.32 Å². The highest BCUT2D eigenvalue weighted by Crippen LogP contribution is 2.11. The van der Waals surface area contributed by atoms with E-state index in [-0.39, 0.29) is 0 Å². The van der Waals surface area contributed by atoms with E-state index in [2.05, 4.69) is 26.8 Å². The second kappa shape index (κ2) is 4.19. The summed E-state index contributed by atoms with van der Waals surface area (Å²) in [6.07, 6.45) is 0. The van der Waals surface area contributed by atoms with Crippen LogP contribution in [0.2, 0.25) is 0 Å².